The van der Waals surface area contributed by atoms with Gasteiger partial charge in [-0.05, 0) is 36.6 Å². The first kappa shape index (κ1) is 12.9. The summed E-state index contributed by atoms with van der Waals surface area (Å²) in [5.74, 6) is 1.05. The molecule has 0 aliphatic heterocycles. The van der Waals surface area contributed by atoms with Crippen molar-refractivity contribution in [2.24, 2.45) is 5.73 Å². The molecule has 0 radical (unpaired) electrons. The maximum atomic E-state index is 13.1. The van der Waals surface area contributed by atoms with Crippen LogP contribution < -0.4 is 10.5 Å². The molecule has 2 rings (SSSR count). The van der Waals surface area contributed by atoms with Crippen molar-refractivity contribution in [1.82, 2.24) is 0 Å². The zero-order valence-corrected chi connectivity index (χ0v) is 10.8. The molecule has 2 N–H and O–H groups in total. The van der Waals surface area contributed by atoms with Gasteiger partial charge in [-0.15, -0.1) is 11.8 Å². The molecule has 0 aliphatic rings. The van der Waals surface area contributed by atoms with Crippen LogP contribution in [0, 0.1) is 5.82 Å². The van der Waals surface area contributed by atoms with Crippen LogP contribution in [0.5, 0.6) is 11.5 Å². The number of halogens is 1. The Bertz CT molecular complexity index is 545. The summed E-state index contributed by atoms with van der Waals surface area (Å²) in [7, 11) is 0. The molecule has 0 saturated carbocycles. The fourth-order valence-corrected chi connectivity index (χ4v) is 2.15. The third-order valence-electron chi connectivity index (χ3n) is 2.53. The van der Waals surface area contributed by atoms with Crippen molar-refractivity contribution in [3.8, 4) is 11.5 Å². The Morgan fingerprint density at radius 3 is 2.67 bits per heavy atom. The summed E-state index contributed by atoms with van der Waals surface area (Å²) >= 11 is 1.60. The SMILES string of the molecule is CSc1ccccc1Oc1ccc(F)cc1CN. The van der Waals surface area contributed by atoms with Crippen LogP contribution in [0.25, 0.3) is 0 Å². The predicted molar refractivity (Wildman–Crippen MR) is 72.6 cm³/mol. The molecule has 94 valence electrons. The second kappa shape index (κ2) is 5.89. The first-order valence-corrected chi connectivity index (χ1v) is 6.76. The molecule has 2 aromatic carbocycles. The summed E-state index contributed by atoms with van der Waals surface area (Å²) in [5.41, 5.74) is 6.25. The van der Waals surface area contributed by atoms with E-state index in [-0.39, 0.29) is 12.4 Å². The monoisotopic (exact) mass is 263 g/mol. The van der Waals surface area contributed by atoms with Crippen LogP contribution in [-0.4, -0.2) is 6.26 Å². The van der Waals surface area contributed by atoms with Crippen LogP contribution in [0.15, 0.2) is 47.4 Å². The van der Waals surface area contributed by atoms with E-state index in [4.69, 9.17) is 10.5 Å². The Morgan fingerprint density at radius 1 is 1.17 bits per heavy atom. The molecule has 0 amide bonds. The Labute approximate surface area is 110 Å². The van der Waals surface area contributed by atoms with Crippen LogP contribution in [0.1, 0.15) is 5.56 Å². The summed E-state index contributed by atoms with van der Waals surface area (Å²) < 4.78 is 18.9. The summed E-state index contributed by atoms with van der Waals surface area (Å²) in [6, 6.07) is 12.1. The van der Waals surface area contributed by atoms with Crippen LogP contribution in [-0.2, 0) is 6.54 Å². The van der Waals surface area contributed by atoms with E-state index >= 15 is 0 Å². The number of rotatable bonds is 4. The summed E-state index contributed by atoms with van der Waals surface area (Å²) in [6.07, 6.45) is 1.98. The Balaban J connectivity index is 2.33. The third-order valence-corrected chi connectivity index (χ3v) is 3.31. The lowest BCUT2D eigenvalue weighted by Crippen LogP contribution is -2.00. The topological polar surface area (TPSA) is 35.2 Å². The molecule has 0 unspecified atom stereocenters. The van der Waals surface area contributed by atoms with E-state index in [1.54, 1.807) is 17.8 Å². The highest BCUT2D eigenvalue weighted by atomic mass is 32.2. The highest BCUT2D eigenvalue weighted by Gasteiger charge is 2.08. The van der Waals surface area contributed by atoms with E-state index in [0.717, 1.165) is 10.6 Å². The van der Waals surface area contributed by atoms with Crippen LogP contribution in [0.3, 0.4) is 0 Å². The molecule has 0 bridgehead atoms. The van der Waals surface area contributed by atoms with Crippen molar-refractivity contribution in [2.75, 3.05) is 6.26 Å². The number of hydrogen-bond acceptors (Lipinski definition) is 3. The molecule has 4 heteroatoms. The molecule has 0 saturated heterocycles. The van der Waals surface area contributed by atoms with Gasteiger partial charge in [0.1, 0.15) is 17.3 Å². The van der Waals surface area contributed by atoms with Gasteiger partial charge in [-0.25, -0.2) is 4.39 Å². The zero-order chi connectivity index (χ0) is 13.0. The second-order valence-corrected chi connectivity index (χ2v) is 4.56. The van der Waals surface area contributed by atoms with Crippen molar-refractivity contribution in [1.29, 1.82) is 0 Å². The molecule has 2 nitrogen and oxygen atoms in total. The summed E-state index contributed by atoms with van der Waals surface area (Å²) in [6.45, 7) is 0.245. The summed E-state index contributed by atoms with van der Waals surface area (Å²) in [4.78, 5) is 1.03. The zero-order valence-electron chi connectivity index (χ0n) is 10.0. The second-order valence-electron chi connectivity index (χ2n) is 3.71. The van der Waals surface area contributed by atoms with Gasteiger partial charge in [-0.2, -0.15) is 0 Å². The van der Waals surface area contributed by atoms with E-state index in [0.29, 0.717) is 11.3 Å². The largest absolute Gasteiger partial charge is 0.456 e. The maximum absolute atomic E-state index is 13.1. The number of hydrogen-bond donors (Lipinski definition) is 1. The number of ether oxygens (including phenoxy) is 1. The molecule has 0 atom stereocenters. The predicted octanol–water partition coefficient (Wildman–Crippen LogP) is 3.80. The van der Waals surface area contributed by atoms with Crippen molar-refractivity contribution in [3.05, 3.63) is 53.8 Å². The Morgan fingerprint density at radius 2 is 1.94 bits per heavy atom. The maximum Gasteiger partial charge on any atom is 0.140 e. The fourth-order valence-electron chi connectivity index (χ4n) is 1.63. The number of para-hydroxylation sites is 1. The Hall–Kier alpha value is -1.52. The van der Waals surface area contributed by atoms with Crippen molar-refractivity contribution >= 4 is 11.8 Å². The molecule has 2 aromatic rings. The Kier molecular flexibility index (Phi) is 4.23. The molecule has 0 aromatic heterocycles. The quantitative estimate of drug-likeness (QED) is 0.852. The van der Waals surface area contributed by atoms with Crippen molar-refractivity contribution in [2.45, 2.75) is 11.4 Å². The van der Waals surface area contributed by atoms with E-state index in [2.05, 4.69) is 0 Å². The van der Waals surface area contributed by atoms with E-state index in [1.165, 1.54) is 12.1 Å². The highest BCUT2D eigenvalue weighted by Crippen LogP contribution is 2.32. The van der Waals surface area contributed by atoms with Gasteiger partial charge in [0.15, 0.2) is 0 Å². The first-order chi connectivity index (χ1) is 8.74. The smallest absolute Gasteiger partial charge is 0.140 e. The highest BCUT2D eigenvalue weighted by molar-refractivity contribution is 7.98. The van der Waals surface area contributed by atoms with Crippen LogP contribution in [0.2, 0.25) is 0 Å². The molecular weight excluding hydrogens is 249 g/mol. The van der Waals surface area contributed by atoms with Crippen molar-refractivity contribution in [3.63, 3.8) is 0 Å². The van der Waals surface area contributed by atoms with Gasteiger partial charge in [-0.3, -0.25) is 0 Å². The number of thioether (sulfide) groups is 1. The van der Waals surface area contributed by atoms with E-state index in [9.17, 15) is 4.39 Å². The minimum absolute atomic E-state index is 0.245. The van der Waals surface area contributed by atoms with Gasteiger partial charge < -0.3 is 10.5 Å². The van der Waals surface area contributed by atoms with E-state index < -0.39 is 0 Å². The lowest BCUT2D eigenvalue weighted by atomic mass is 10.2. The number of benzene rings is 2. The molecular formula is C14H14FNOS. The minimum atomic E-state index is -0.305. The van der Waals surface area contributed by atoms with Crippen molar-refractivity contribution < 1.29 is 9.13 Å². The average Bonchev–Trinajstić information content (AvgIpc) is 2.41. The lowest BCUT2D eigenvalue weighted by Gasteiger charge is -2.12. The summed E-state index contributed by atoms with van der Waals surface area (Å²) in [5, 5.41) is 0. The van der Waals surface area contributed by atoms with Gasteiger partial charge >= 0.3 is 0 Å². The third kappa shape index (κ3) is 2.83. The van der Waals surface area contributed by atoms with Gasteiger partial charge in [-0.1, -0.05) is 12.1 Å². The van der Waals surface area contributed by atoms with E-state index in [1.807, 2.05) is 30.5 Å². The minimum Gasteiger partial charge on any atom is -0.456 e. The normalized spacial score (nSPS) is 10.4. The van der Waals surface area contributed by atoms with Gasteiger partial charge in [0.2, 0.25) is 0 Å². The van der Waals surface area contributed by atoms with Gasteiger partial charge in [0.05, 0.1) is 0 Å². The van der Waals surface area contributed by atoms with Gasteiger partial charge in [0.25, 0.3) is 0 Å². The number of nitrogens with two attached hydrogens (primary N) is 1. The molecule has 0 aliphatic carbocycles. The van der Waals surface area contributed by atoms with Crippen LogP contribution >= 0.6 is 11.8 Å². The molecule has 0 fully saturated rings. The molecule has 0 heterocycles. The first-order valence-electron chi connectivity index (χ1n) is 5.54. The van der Waals surface area contributed by atoms with Gasteiger partial charge in [0, 0.05) is 17.0 Å². The standard InChI is InChI=1S/C14H14FNOS/c1-18-14-5-3-2-4-13(14)17-12-7-6-11(15)8-10(12)9-16/h2-8H,9,16H2,1H3. The molecule has 0 spiro atoms. The average molecular weight is 263 g/mol. The fraction of sp³-hybridized carbons (Fsp3) is 0.143. The van der Waals surface area contributed by atoms with Crippen LogP contribution in [0.4, 0.5) is 4.39 Å². The molecule has 18 heavy (non-hydrogen) atoms. The lowest BCUT2D eigenvalue weighted by molar-refractivity contribution is 0.463.